The molecule has 0 atom stereocenters. The second kappa shape index (κ2) is 20.7. The van der Waals surface area contributed by atoms with Gasteiger partial charge in [-0.15, -0.1) is 0 Å². The summed E-state index contributed by atoms with van der Waals surface area (Å²) in [6.07, 6.45) is 15.5. The van der Waals surface area contributed by atoms with Gasteiger partial charge >= 0.3 is 0 Å². The number of hydrogen-bond donors (Lipinski definition) is 0. The lowest BCUT2D eigenvalue weighted by atomic mass is 9.92. The van der Waals surface area contributed by atoms with Crippen molar-refractivity contribution < 1.29 is 0 Å². The fourth-order valence-corrected chi connectivity index (χ4v) is 8.24. The Kier molecular flexibility index (Phi) is 13.3. The smallest absolute Gasteiger partial charge is 0.00258 e. The predicted octanol–water partition coefficient (Wildman–Crippen LogP) is 16.4. The Morgan fingerprint density at radius 3 is 0.781 bits per heavy atom. The van der Waals surface area contributed by atoms with Crippen molar-refractivity contribution in [3.05, 3.63) is 321 Å². The third-order valence-corrected chi connectivity index (χ3v) is 11.7. The molecule has 9 aromatic carbocycles. The third kappa shape index (κ3) is 10.7. The lowest BCUT2D eigenvalue weighted by molar-refractivity contribution is 1.19. The summed E-state index contributed by atoms with van der Waals surface area (Å²) in [5, 5.41) is 0. The van der Waals surface area contributed by atoms with Crippen LogP contribution >= 0.6 is 0 Å². The summed E-state index contributed by atoms with van der Waals surface area (Å²) in [4.78, 5) is 0. The van der Waals surface area contributed by atoms with Crippen LogP contribution in [-0.4, -0.2) is 0 Å². The minimum Gasteiger partial charge on any atom is -0.0622 e. The molecule has 0 bridgehead atoms. The minimum absolute atomic E-state index is 0.916. The molecule has 0 heteroatoms. The van der Waals surface area contributed by atoms with E-state index < -0.39 is 0 Å². The molecule has 9 rings (SSSR count). The number of rotatable bonds is 14. The first kappa shape index (κ1) is 41.3. The summed E-state index contributed by atoms with van der Waals surface area (Å²) < 4.78 is 0. The van der Waals surface area contributed by atoms with Gasteiger partial charge in [0.1, 0.15) is 0 Å². The SMILES string of the molecule is C(=Cc1ccccc1C=C(c1ccccc1)c1ccc(Cc2ccccc2)cc1)c1ccccc1C=Cc1ccccc1C=C(c1ccccc1)c1ccc(Cc2ccccc2)cc1. The Balaban J connectivity index is 0.994. The van der Waals surface area contributed by atoms with Gasteiger partial charge in [-0.25, -0.2) is 0 Å². The van der Waals surface area contributed by atoms with Crippen LogP contribution in [0.5, 0.6) is 0 Å². The Morgan fingerprint density at radius 2 is 0.453 bits per heavy atom. The van der Waals surface area contributed by atoms with Crippen LogP contribution in [0.2, 0.25) is 0 Å². The molecular weight excluding hydrogens is 769 g/mol. The number of benzene rings is 9. The summed E-state index contributed by atoms with van der Waals surface area (Å²) in [6.45, 7) is 0. The van der Waals surface area contributed by atoms with Crippen molar-refractivity contribution in [2.75, 3.05) is 0 Å². The zero-order valence-electron chi connectivity index (χ0n) is 36.0. The van der Waals surface area contributed by atoms with Crippen LogP contribution in [0, 0.1) is 0 Å². The lowest BCUT2D eigenvalue weighted by Crippen LogP contribution is -1.92. The Hall–Kier alpha value is -8.06. The first-order chi connectivity index (χ1) is 31.7. The highest BCUT2D eigenvalue weighted by Gasteiger charge is 2.10. The van der Waals surface area contributed by atoms with E-state index in [0.29, 0.717) is 0 Å². The molecule has 0 aliphatic heterocycles. The molecule has 0 aliphatic rings. The molecule has 0 radical (unpaired) electrons. The van der Waals surface area contributed by atoms with E-state index in [1.54, 1.807) is 0 Å². The highest BCUT2D eigenvalue weighted by atomic mass is 14.1. The topological polar surface area (TPSA) is 0 Å². The van der Waals surface area contributed by atoms with Gasteiger partial charge < -0.3 is 0 Å². The van der Waals surface area contributed by atoms with Crippen molar-refractivity contribution >= 4 is 47.6 Å². The normalized spacial score (nSPS) is 11.9. The van der Waals surface area contributed by atoms with Crippen LogP contribution in [0.15, 0.2) is 243 Å². The van der Waals surface area contributed by atoms with Gasteiger partial charge in [-0.2, -0.15) is 0 Å². The molecule has 9 aromatic rings. The van der Waals surface area contributed by atoms with Gasteiger partial charge in [-0.05, 0) is 114 Å². The van der Waals surface area contributed by atoms with E-state index in [1.165, 1.54) is 66.8 Å². The van der Waals surface area contributed by atoms with Crippen molar-refractivity contribution in [3.63, 3.8) is 0 Å². The fraction of sp³-hybridized carbons (Fsp3) is 0.0312. The summed E-state index contributed by atoms with van der Waals surface area (Å²) in [5.74, 6) is 0. The molecule has 0 heterocycles. The molecule has 0 aromatic heterocycles. The average molecular weight is 819 g/mol. The second-order valence-electron chi connectivity index (χ2n) is 16.1. The highest BCUT2D eigenvalue weighted by Crippen LogP contribution is 2.31. The fourth-order valence-electron chi connectivity index (χ4n) is 8.24. The maximum Gasteiger partial charge on any atom is -0.00258 e. The maximum atomic E-state index is 2.33. The van der Waals surface area contributed by atoms with Crippen LogP contribution in [0.3, 0.4) is 0 Å². The molecule has 64 heavy (non-hydrogen) atoms. The van der Waals surface area contributed by atoms with Gasteiger partial charge in [0.25, 0.3) is 0 Å². The summed E-state index contributed by atoms with van der Waals surface area (Å²) in [6, 6.07) is 86.8. The van der Waals surface area contributed by atoms with E-state index in [2.05, 4.69) is 279 Å². The third-order valence-electron chi connectivity index (χ3n) is 11.7. The Labute approximate surface area is 379 Å². The predicted molar refractivity (Wildman–Crippen MR) is 275 cm³/mol. The van der Waals surface area contributed by atoms with Crippen molar-refractivity contribution in [2.45, 2.75) is 12.8 Å². The van der Waals surface area contributed by atoms with Crippen molar-refractivity contribution in [2.24, 2.45) is 0 Å². The number of hydrogen-bond acceptors (Lipinski definition) is 0. The molecule has 0 unspecified atom stereocenters. The molecule has 0 N–H and O–H groups in total. The first-order valence-electron chi connectivity index (χ1n) is 22.2. The van der Waals surface area contributed by atoms with Gasteiger partial charge in [0, 0.05) is 0 Å². The Morgan fingerprint density at radius 1 is 0.219 bits per heavy atom. The largest absolute Gasteiger partial charge is 0.0622 e. The molecule has 0 nitrogen and oxygen atoms in total. The van der Waals surface area contributed by atoms with Crippen LogP contribution in [0.25, 0.3) is 47.6 Å². The first-order valence-corrected chi connectivity index (χ1v) is 22.2. The second-order valence-corrected chi connectivity index (χ2v) is 16.1. The van der Waals surface area contributed by atoms with E-state index in [1.807, 2.05) is 0 Å². The standard InChI is InChI=1S/C64H50/c1-5-19-49(20-6-1)45-51-33-37-59(38-34-51)63(57-27-9-3-10-28-57)47-61-31-17-15-25-55(61)43-41-53-23-13-14-24-54(53)42-44-56-26-16-18-32-62(56)48-64(58-29-11-4-12-30-58)60-39-35-52(36-40-60)46-50-21-7-2-8-22-50/h1-44,47-48H,45-46H2. The van der Waals surface area contributed by atoms with Crippen molar-refractivity contribution in [3.8, 4) is 0 Å². The van der Waals surface area contributed by atoms with E-state index in [0.717, 1.165) is 35.1 Å². The molecule has 0 aliphatic carbocycles. The van der Waals surface area contributed by atoms with Crippen LogP contribution in [-0.2, 0) is 12.8 Å². The molecule has 0 saturated carbocycles. The monoisotopic (exact) mass is 818 g/mol. The van der Waals surface area contributed by atoms with Crippen molar-refractivity contribution in [1.82, 2.24) is 0 Å². The zero-order chi connectivity index (χ0) is 43.2. The summed E-state index contributed by atoms with van der Waals surface area (Å²) >= 11 is 0. The molecule has 0 amide bonds. The summed E-state index contributed by atoms with van der Waals surface area (Å²) in [5.41, 5.74) is 19.4. The van der Waals surface area contributed by atoms with Gasteiger partial charge in [0.05, 0.1) is 0 Å². The highest BCUT2D eigenvalue weighted by molar-refractivity contribution is 5.95. The maximum absolute atomic E-state index is 2.33. The molecule has 0 fully saturated rings. The van der Waals surface area contributed by atoms with E-state index in [9.17, 15) is 0 Å². The average Bonchev–Trinajstić information content (AvgIpc) is 3.36. The molecule has 0 spiro atoms. The molecule has 306 valence electrons. The van der Waals surface area contributed by atoms with E-state index in [4.69, 9.17) is 0 Å². The van der Waals surface area contributed by atoms with E-state index in [-0.39, 0.29) is 0 Å². The summed E-state index contributed by atoms with van der Waals surface area (Å²) in [7, 11) is 0. The van der Waals surface area contributed by atoms with Crippen LogP contribution in [0.4, 0.5) is 0 Å². The quantitative estimate of drug-likeness (QED) is 0.0959. The Bertz CT molecular complexity index is 2810. The zero-order valence-corrected chi connectivity index (χ0v) is 36.0. The van der Waals surface area contributed by atoms with Gasteiger partial charge in [-0.1, -0.05) is 267 Å². The van der Waals surface area contributed by atoms with Gasteiger partial charge in [-0.3, -0.25) is 0 Å². The van der Waals surface area contributed by atoms with Crippen molar-refractivity contribution in [1.29, 1.82) is 0 Å². The van der Waals surface area contributed by atoms with Gasteiger partial charge in [0.15, 0.2) is 0 Å². The minimum atomic E-state index is 0.916. The lowest BCUT2D eigenvalue weighted by Gasteiger charge is -2.12. The van der Waals surface area contributed by atoms with E-state index >= 15 is 0 Å². The van der Waals surface area contributed by atoms with Gasteiger partial charge in [0.2, 0.25) is 0 Å². The molecule has 0 saturated heterocycles. The van der Waals surface area contributed by atoms with Crippen LogP contribution < -0.4 is 0 Å². The van der Waals surface area contributed by atoms with Crippen LogP contribution in [0.1, 0.15) is 77.9 Å². The molecular formula is C64H50.